The van der Waals surface area contributed by atoms with Gasteiger partial charge < -0.3 is 4.74 Å². The van der Waals surface area contributed by atoms with Gasteiger partial charge in [-0.05, 0) is 13.0 Å². The Labute approximate surface area is 86.5 Å². The van der Waals surface area contributed by atoms with E-state index >= 15 is 0 Å². The molecule has 0 radical (unpaired) electrons. The van der Waals surface area contributed by atoms with Crippen LogP contribution in [0.2, 0.25) is 5.15 Å². The first-order valence-corrected chi connectivity index (χ1v) is 4.70. The molecular formula is C9H10ClN3O. The lowest BCUT2D eigenvalue weighted by Crippen LogP contribution is -1.99. The largest absolute Gasteiger partial charge is 0.479 e. The summed E-state index contributed by atoms with van der Waals surface area (Å²) in [6.45, 7) is 2.80. The summed E-state index contributed by atoms with van der Waals surface area (Å²) in [5.41, 5.74) is 0.888. The van der Waals surface area contributed by atoms with Gasteiger partial charge in [0.2, 0.25) is 5.88 Å². The van der Waals surface area contributed by atoms with Crippen LogP contribution in [0.1, 0.15) is 6.92 Å². The zero-order chi connectivity index (χ0) is 10.1. The summed E-state index contributed by atoms with van der Waals surface area (Å²) >= 11 is 5.83. The maximum absolute atomic E-state index is 5.83. The Morgan fingerprint density at radius 3 is 3.00 bits per heavy atom. The van der Waals surface area contributed by atoms with E-state index in [1.165, 1.54) is 0 Å². The van der Waals surface area contributed by atoms with E-state index in [1.54, 1.807) is 19.4 Å². The minimum atomic E-state index is 0.421. The summed E-state index contributed by atoms with van der Waals surface area (Å²) in [5, 5.41) is 5.57. The van der Waals surface area contributed by atoms with Crippen molar-refractivity contribution in [1.29, 1.82) is 0 Å². The lowest BCUT2D eigenvalue weighted by atomic mass is 10.3. The van der Waals surface area contributed by atoms with Crippen LogP contribution in [0.15, 0.2) is 12.3 Å². The molecule has 0 fully saturated rings. The maximum atomic E-state index is 5.83. The normalized spacial score (nSPS) is 10.8. The van der Waals surface area contributed by atoms with E-state index in [2.05, 4.69) is 10.1 Å². The van der Waals surface area contributed by atoms with Gasteiger partial charge in [-0.25, -0.2) is 0 Å². The third kappa shape index (κ3) is 1.32. The number of aromatic nitrogens is 3. The Bertz CT molecular complexity index is 466. The molecule has 0 aliphatic rings. The summed E-state index contributed by atoms with van der Waals surface area (Å²) in [4.78, 5) is 4.08. The first-order valence-electron chi connectivity index (χ1n) is 4.32. The second-order valence-corrected chi connectivity index (χ2v) is 3.24. The molecule has 0 aliphatic carbocycles. The summed E-state index contributed by atoms with van der Waals surface area (Å²) in [6.07, 6.45) is 1.76. The third-order valence-corrected chi connectivity index (χ3v) is 2.24. The van der Waals surface area contributed by atoms with E-state index in [-0.39, 0.29) is 0 Å². The highest BCUT2D eigenvalue weighted by molar-refractivity contribution is 6.30. The Balaban J connectivity index is 2.78. The van der Waals surface area contributed by atoms with E-state index in [4.69, 9.17) is 16.3 Å². The average molecular weight is 212 g/mol. The van der Waals surface area contributed by atoms with E-state index in [1.807, 2.05) is 11.6 Å². The molecule has 0 saturated heterocycles. The van der Waals surface area contributed by atoms with Gasteiger partial charge in [0.15, 0.2) is 0 Å². The summed E-state index contributed by atoms with van der Waals surface area (Å²) in [6, 6.07) is 1.78. The number of fused-ring (bicyclic) bond motifs is 1. The quantitative estimate of drug-likeness (QED) is 0.715. The predicted octanol–water partition coefficient (Wildman–Crippen LogP) is 2.11. The molecule has 0 bridgehead atoms. The molecule has 0 atom stereocenters. The van der Waals surface area contributed by atoms with Gasteiger partial charge in [-0.15, -0.1) is 0 Å². The second kappa shape index (κ2) is 3.46. The minimum Gasteiger partial charge on any atom is -0.479 e. The van der Waals surface area contributed by atoms with Gasteiger partial charge in [0.25, 0.3) is 0 Å². The second-order valence-electron chi connectivity index (χ2n) is 2.85. The van der Waals surface area contributed by atoms with E-state index < -0.39 is 0 Å². The van der Waals surface area contributed by atoms with Crippen LogP contribution in [-0.2, 0) is 6.54 Å². The molecule has 14 heavy (non-hydrogen) atoms. The molecule has 0 N–H and O–H groups in total. The highest BCUT2D eigenvalue weighted by Gasteiger charge is 2.10. The minimum absolute atomic E-state index is 0.421. The Morgan fingerprint density at radius 1 is 1.57 bits per heavy atom. The van der Waals surface area contributed by atoms with Crippen molar-refractivity contribution < 1.29 is 4.74 Å². The van der Waals surface area contributed by atoms with Crippen LogP contribution in [0, 0.1) is 0 Å². The number of nitrogens with zero attached hydrogens (tertiary/aromatic N) is 3. The zero-order valence-electron chi connectivity index (χ0n) is 7.99. The fourth-order valence-electron chi connectivity index (χ4n) is 1.43. The Morgan fingerprint density at radius 2 is 2.36 bits per heavy atom. The van der Waals surface area contributed by atoms with Crippen molar-refractivity contribution in [2.75, 3.05) is 7.11 Å². The molecule has 0 amide bonds. The molecule has 2 rings (SSSR count). The fraction of sp³-hybridized carbons (Fsp3) is 0.333. The maximum Gasteiger partial charge on any atom is 0.241 e. The fourth-order valence-corrected chi connectivity index (χ4v) is 1.63. The number of ether oxygens (including phenoxy) is 1. The number of aryl methyl sites for hydroxylation is 1. The SMILES string of the molecule is CCn1ncc2cc(Cl)nc(OC)c21. The van der Waals surface area contributed by atoms with E-state index in [9.17, 15) is 0 Å². The standard InChI is InChI=1S/C9H10ClN3O/c1-3-13-8-6(5-11-13)4-7(10)12-9(8)14-2/h4-5H,3H2,1-2H3. The van der Waals surface area contributed by atoms with Crippen LogP contribution in [0.3, 0.4) is 0 Å². The van der Waals surface area contributed by atoms with Crippen molar-refractivity contribution in [2.45, 2.75) is 13.5 Å². The van der Waals surface area contributed by atoms with Gasteiger partial charge in [-0.1, -0.05) is 11.6 Å². The first kappa shape index (κ1) is 9.27. The van der Waals surface area contributed by atoms with Crippen LogP contribution in [-0.4, -0.2) is 21.9 Å². The number of pyridine rings is 1. The number of rotatable bonds is 2. The molecule has 4 nitrogen and oxygen atoms in total. The predicted molar refractivity (Wildman–Crippen MR) is 54.8 cm³/mol. The highest BCUT2D eigenvalue weighted by atomic mass is 35.5. The van der Waals surface area contributed by atoms with Gasteiger partial charge in [0.1, 0.15) is 10.7 Å². The molecular weight excluding hydrogens is 202 g/mol. The first-order chi connectivity index (χ1) is 6.76. The molecule has 0 unspecified atom stereocenters. The van der Waals surface area contributed by atoms with Crippen LogP contribution in [0.4, 0.5) is 0 Å². The van der Waals surface area contributed by atoms with Crippen LogP contribution in [0.25, 0.3) is 10.9 Å². The van der Waals surface area contributed by atoms with Gasteiger partial charge in [0.05, 0.1) is 13.3 Å². The van der Waals surface area contributed by atoms with E-state index in [0.29, 0.717) is 11.0 Å². The summed E-state index contributed by atoms with van der Waals surface area (Å²) in [5.74, 6) is 0.520. The number of halogens is 1. The Kier molecular flexibility index (Phi) is 2.29. The molecule has 0 saturated carbocycles. The average Bonchev–Trinajstić information content (AvgIpc) is 2.59. The lowest BCUT2D eigenvalue weighted by molar-refractivity contribution is 0.400. The van der Waals surface area contributed by atoms with Gasteiger partial charge in [-0.3, -0.25) is 4.68 Å². The lowest BCUT2D eigenvalue weighted by Gasteiger charge is -2.04. The molecule has 0 aromatic carbocycles. The van der Waals surface area contributed by atoms with Crippen molar-refractivity contribution in [2.24, 2.45) is 0 Å². The molecule has 0 spiro atoms. The highest BCUT2D eigenvalue weighted by Crippen LogP contribution is 2.25. The van der Waals surface area contributed by atoms with Crippen molar-refractivity contribution in [3.05, 3.63) is 17.4 Å². The number of hydrogen-bond donors (Lipinski definition) is 0. The van der Waals surface area contributed by atoms with Gasteiger partial charge in [-0.2, -0.15) is 10.1 Å². The van der Waals surface area contributed by atoms with Crippen LogP contribution >= 0.6 is 11.6 Å². The number of hydrogen-bond acceptors (Lipinski definition) is 3. The Hall–Kier alpha value is -1.29. The zero-order valence-corrected chi connectivity index (χ0v) is 8.75. The molecule has 74 valence electrons. The van der Waals surface area contributed by atoms with Crippen molar-refractivity contribution in [1.82, 2.24) is 14.8 Å². The summed E-state index contributed by atoms with van der Waals surface area (Å²) in [7, 11) is 1.57. The number of methoxy groups -OCH3 is 1. The van der Waals surface area contributed by atoms with Crippen LogP contribution < -0.4 is 4.74 Å². The molecule has 2 heterocycles. The topological polar surface area (TPSA) is 39.9 Å². The van der Waals surface area contributed by atoms with Crippen molar-refractivity contribution in [3.8, 4) is 5.88 Å². The van der Waals surface area contributed by atoms with E-state index in [0.717, 1.165) is 17.4 Å². The van der Waals surface area contributed by atoms with Crippen molar-refractivity contribution >= 4 is 22.5 Å². The smallest absolute Gasteiger partial charge is 0.241 e. The molecule has 0 aliphatic heterocycles. The molecule has 5 heteroatoms. The van der Waals surface area contributed by atoms with Gasteiger partial charge in [0, 0.05) is 11.9 Å². The van der Waals surface area contributed by atoms with Gasteiger partial charge >= 0.3 is 0 Å². The molecule has 2 aromatic heterocycles. The van der Waals surface area contributed by atoms with Crippen molar-refractivity contribution in [3.63, 3.8) is 0 Å². The van der Waals surface area contributed by atoms with Crippen LogP contribution in [0.5, 0.6) is 5.88 Å². The third-order valence-electron chi connectivity index (χ3n) is 2.05. The monoisotopic (exact) mass is 211 g/mol. The summed E-state index contributed by atoms with van der Waals surface area (Å²) < 4.78 is 6.98. The molecule has 2 aromatic rings.